The molecule has 1 aromatic heterocycles. The van der Waals surface area contributed by atoms with Crippen molar-refractivity contribution in [3.8, 4) is 0 Å². The van der Waals surface area contributed by atoms with Gasteiger partial charge in [-0.15, -0.1) is 0 Å². The molecule has 0 spiro atoms. The van der Waals surface area contributed by atoms with Crippen molar-refractivity contribution in [3.63, 3.8) is 0 Å². The minimum absolute atomic E-state index is 0.184. The Balaban J connectivity index is 2.34. The fourth-order valence-electron chi connectivity index (χ4n) is 0.971. The Bertz CT molecular complexity index is 226. The third-order valence-electron chi connectivity index (χ3n) is 1.68. The average Bonchev–Trinajstić information content (AvgIpc) is 2.21. The molecule has 0 saturated carbocycles. The van der Waals surface area contributed by atoms with Crippen molar-refractivity contribution in [3.05, 3.63) is 18.5 Å². The van der Waals surface area contributed by atoms with Crippen molar-refractivity contribution < 1.29 is 9.47 Å². The minimum Gasteiger partial charge on any atom is -0.356 e. The number of aromatic nitrogens is 3. The number of ether oxygens (including phenoxy) is 2. The first-order chi connectivity index (χ1) is 6.36. The Morgan fingerprint density at radius 3 is 2.38 bits per heavy atom. The third-order valence-corrected chi connectivity index (χ3v) is 1.68. The lowest BCUT2D eigenvalue weighted by atomic mass is 10.3. The zero-order valence-electron chi connectivity index (χ0n) is 7.80. The molecule has 1 heterocycles. The van der Waals surface area contributed by atoms with Crippen molar-refractivity contribution in [1.82, 2.24) is 15.0 Å². The molecule has 72 valence electrons. The van der Waals surface area contributed by atoms with Gasteiger partial charge in [0.05, 0.1) is 0 Å². The average molecular weight is 183 g/mol. The van der Waals surface area contributed by atoms with Crippen LogP contribution in [-0.2, 0) is 15.9 Å². The summed E-state index contributed by atoms with van der Waals surface area (Å²) in [5, 5.41) is 0. The molecule has 0 atom stereocenters. The third kappa shape index (κ3) is 3.43. The Labute approximate surface area is 77.1 Å². The molecule has 0 N–H and O–H groups in total. The molecule has 0 fully saturated rings. The van der Waals surface area contributed by atoms with Gasteiger partial charge in [-0.2, -0.15) is 0 Å². The first kappa shape index (κ1) is 10.0. The summed E-state index contributed by atoms with van der Waals surface area (Å²) in [5.41, 5.74) is 0. The molecule has 5 nitrogen and oxygen atoms in total. The predicted octanol–water partition coefficient (Wildman–Crippen LogP) is 0.423. The van der Waals surface area contributed by atoms with E-state index >= 15 is 0 Å². The number of nitrogens with zero attached hydrogens (tertiary/aromatic N) is 3. The highest BCUT2D eigenvalue weighted by molar-refractivity contribution is 4.81. The van der Waals surface area contributed by atoms with Gasteiger partial charge < -0.3 is 9.47 Å². The Morgan fingerprint density at radius 2 is 1.85 bits per heavy atom. The summed E-state index contributed by atoms with van der Waals surface area (Å²) in [7, 11) is 3.23. The van der Waals surface area contributed by atoms with E-state index in [0.29, 0.717) is 0 Å². The molecule has 0 radical (unpaired) electrons. The number of hydrogen-bond donors (Lipinski definition) is 0. The second-order valence-electron chi connectivity index (χ2n) is 2.49. The number of hydrogen-bond acceptors (Lipinski definition) is 5. The standard InChI is InChI=1S/C8H13N3O2/c1-12-8(13-2)4-3-7-10-5-9-6-11-7/h5-6,8H,3-4H2,1-2H3. The largest absolute Gasteiger partial charge is 0.356 e. The summed E-state index contributed by atoms with van der Waals surface area (Å²) in [5.74, 6) is 0.758. The van der Waals surface area contributed by atoms with Gasteiger partial charge in [0.1, 0.15) is 18.5 Å². The van der Waals surface area contributed by atoms with E-state index in [9.17, 15) is 0 Å². The van der Waals surface area contributed by atoms with Crippen LogP contribution < -0.4 is 0 Å². The molecule has 0 aromatic carbocycles. The lowest BCUT2D eigenvalue weighted by molar-refractivity contribution is -0.106. The summed E-state index contributed by atoms with van der Waals surface area (Å²) in [6.07, 6.45) is 4.26. The zero-order chi connectivity index (χ0) is 9.52. The van der Waals surface area contributed by atoms with E-state index < -0.39 is 0 Å². The van der Waals surface area contributed by atoms with E-state index in [4.69, 9.17) is 9.47 Å². The number of rotatable bonds is 5. The highest BCUT2D eigenvalue weighted by atomic mass is 16.7. The van der Waals surface area contributed by atoms with Crippen LogP contribution in [0.2, 0.25) is 0 Å². The normalized spacial score (nSPS) is 10.7. The van der Waals surface area contributed by atoms with Crippen LogP contribution in [0, 0.1) is 0 Å². The fraction of sp³-hybridized carbons (Fsp3) is 0.625. The Kier molecular flexibility index (Phi) is 4.28. The molecule has 0 aliphatic heterocycles. The van der Waals surface area contributed by atoms with Gasteiger partial charge in [-0.3, -0.25) is 0 Å². The van der Waals surface area contributed by atoms with Gasteiger partial charge in [0, 0.05) is 27.1 Å². The van der Waals surface area contributed by atoms with Crippen LogP contribution in [-0.4, -0.2) is 35.5 Å². The summed E-state index contributed by atoms with van der Waals surface area (Å²) < 4.78 is 10.1. The van der Waals surface area contributed by atoms with Crippen molar-refractivity contribution in [1.29, 1.82) is 0 Å². The maximum atomic E-state index is 5.03. The maximum Gasteiger partial charge on any atom is 0.157 e. The van der Waals surface area contributed by atoms with Crippen molar-refractivity contribution in [2.24, 2.45) is 0 Å². The number of aryl methyl sites for hydroxylation is 1. The van der Waals surface area contributed by atoms with E-state index in [0.717, 1.165) is 18.7 Å². The SMILES string of the molecule is COC(CCc1ncncn1)OC. The highest BCUT2D eigenvalue weighted by Crippen LogP contribution is 2.02. The van der Waals surface area contributed by atoms with Crippen LogP contribution in [0.1, 0.15) is 12.2 Å². The summed E-state index contributed by atoms with van der Waals surface area (Å²) in [4.78, 5) is 11.7. The molecule has 13 heavy (non-hydrogen) atoms. The first-order valence-corrected chi connectivity index (χ1v) is 4.03. The molecule has 0 amide bonds. The number of methoxy groups -OCH3 is 2. The molecule has 0 saturated heterocycles. The van der Waals surface area contributed by atoms with Gasteiger partial charge in [0.25, 0.3) is 0 Å². The van der Waals surface area contributed by atoms with E-state index in [2.05, 4.69) is 15.0 Å². The van der Waals surface area contributed by atoms with E-state index in [1.165, 1.54) is 12.7 Å². The molecule has 1 aromatic rings. The highest BCUT2D eigenvalue weighted by Gasteiger charge is 2.05. The molecular formula is C8H13N3O2. The van der Waals surface area contributed by atoms with Crippen LogP contribution in [0.15, 0.2) is 12.7 Å². The Hall–Kier alpha value is -1.07. The summed E-state index contributed by atoms with van der Waals surface area (Å²) >= 11 is 0. The second kappa shape index (κ2) is 5.55. The lowest BCUT2D eigenvalue weighted by Crippen LogP contribution is -2.14. The second-order valence-corrected chi connectivity index (χ2v) is 2.49. The first-order valence-electron chi connectivity index (χ1n) is 4.03. The molecule has 5 heteroatoms. The monoisotopic (exact) mass is 183 g/mol. The maximum absolute atomic E-state index is 5.03. The van der Waals surface area contributed by atoms with E-state index in [1.54, 1.807) is 14.2 Å². The van der Waals surface area contributed by atoms with E-state index in [-0.39, 0.29) is 6.29 Å². The van der Waals surface area contributed by atoms with E-state index in [1.807, 2.05) is 0 Å². The predicted molar refractivity (Wildman–Crippen MR) is 46.0 cm³/mol. The van der Waals surface area contributed by atoms with Crippen LogP contribution in [0.5, 0.6) is 0 Å². The molecule has 0 unspecified atom stereocenters. The fourth-order valence-corrected chi connectivity index (χ4v) is 0.971. The molecular weight excluding hydrogens is 170 g/mol. The quantitative estimate of drug-likeness (QED) is 0.619. The van der Waals surface area contributed by atoms with Crippen LogP contribution >= 0.6 is 0 Å². The van der Waals surface area contributed by atoms with Crippen molar-refractivity contribution >= 4 is 0 Å². The van der Waals surface area contributed by atoms with Gasteiger partial charge >= 0.3 is 0 Å². The Morgan fingerprint density at radius 1 is 1.23 bits per heavy atom. The van der Waals surface area contributed by atoms with Gasteiger partial charge in [0.2, 0.25) is 0 Å². The topological polar surface area (TPSA) is 57.1 Å². The van der Waals surface area contributed by atoms with Crippen LogP contribution in [0.25, 0.3) is 0 Å². The molecule has 1 rings (SSSR count). The van der Waals surface area contributed by atoms with Gasteiger partial charge in [-0.25, -0.2) is 15.0 Å². The molecule has 0 aliphatic rings. The van der Waals surface area contributed by atoms with Crippen LogP contribution in [0.4, 0.5) is 0 Å². The van der Waals surface area contributed by atoms with Gasteiger partial charge in [-0.05, 0) is 0 Å². The van der Waals surface area contributed by atoms with Crippen molar-refractivity contribution in [2.75, 3.05) is 14.2 Å². The minimum atomic E-state index is -0.184. The van der Waals surface area contributed by atoms with Gasteiger partial charge in [-0.1, -0.05) is 0 Å². The zero-order valence-corrected chi connectivity index (χ0v) is 7.80. The van der Waals surface area contributed by atoms with Crippen molar-refractivity contribution in [2.45, 2.75) is 19.1 Å². The van der Waals surface area contributed by atoms with Gasteiger partial charge in [0.15, 0.2) is 6.29 Å². The smallest absolute Gasteiger partial charge is 0.157 e. The molecule has 0 aliphatic carbocycles. The molecule has 0 bridgehead atoms. The van der Waals surface area contributed by atoms with Crippen LogP contribution in [0.3, 0.4) is 0 Å². The summed E-state index contributed by atoms with van der Waals surface area (Å²) in [6.45, 7) is 0. The lowest BCUT2D eigenvalue weighted by Gasteiger charge is -2.11. The summed E-state index contributed by atoms with van der Waals surface area (Å²) in [6, 6.07) is 0.